The van der Waals surface area contributed by atoms with Crippen LogP contribution in [0.5, 0.6) is 0 Å². The molecule has 0 amide bonds. The maximum Gasteiger partial charge on any atom is 0.277 e. The van der Waals surface area contributed by atoms with E-state index in [1.54, 1.807) is 20.9 Å². The molecule has 0 aliphatic heterocycles. The fourth-order valence-electron chi connectivity index (χ4n) is 0.950. The van der Waals surface area contributed by atoms with Gasteiger partial charge in [0.2, 0.25) is 0 Å². The molecule has 1 aromatic rings. The Morgan fingerprint density at radius 1 is 1.58 bits per heavy atom. The van der Waals surface area contributed by atoms with Crippen LogP contribution in [-0.2, 0) is 7.05 Å². The number of aromatic nitrogens is 2. The Kier molecular flexibility index (Phi) is 2.17. The molecule has 1 aromatic heterocycles. The minimum absolute atomic E-state index is 0.114. The standard InChI is InChI=1S/C8H12N2O2/c1-5(2)7(11)6-4-9-10(3)8(6)12/h4-5,9H,1-3H3. The lowest BCUT2D eigenvalue weighted by Crippen LogP contribution is -2.21. The summed E-state index contributed by atoms with van der Waals surface area (Å²) in [6, 6.07) is 0. The van der Waals surface area contributed by atoms with Crippen molar-refractivity contribution >= 4 is 5.78 Å². The molecule has 0 aromatic carbocycles. The Morgan fingerprint density at radius 2 is 2.17 bits per heavy atom. The summed E-state index contributed by atoms with van der Waals surface area (Å²) < 4.78 is 1.29. The van der Waals surface area contributed by atoms with E-state index in [9.17, 15) is 9.59 Å². The number of rotatable bonds is 2. The zero-order chi connectivity index (χ0) is 9.30. The molecule has 0 unspecified atom stereocenters. The molecule has 12 heavy (non-hydrogen) atoms. The lowest BCUT2D eigenvalue weighted by atomic mass is 10.0. The number of carbonyl (C=O) groups is 1. The Bertz CT molecular complexity index is 346. The molecule has 0 radical (unpaired) electrons. The Labute approximate surface area is 70.2 Å². The van der Waals surface area contributed by atoms with Crippen LogP contribution in [0.1, 0.15) is 24.2 Å². The zero-order valence-corrected chi connectivity index (χ0v) is 7.42. The van der Waals surface area contributed by atoms with Crippen LogP contribution in [0.3, 0.4) is 0 Å². The number of carbonyl (C=O) groups excluding carboxylic acids is 1. The SMILES string of the molecule is CC(C)C(=O)c1c[nH]n(C)c1=O. The van der Waals surface area contributed by atoms with Gasteiger partial charge in [0.1, 0.15) is 5.56 Å². The first kappa shape index (κ1) is 8.77. The highest BCUT2D eigenvalue weighted by Crippen LogP contribution is 2.01. The molecule has 1 heterocycles. The van der Waals surface area contributed by atoms with E-state index in [1.807, 2.05) is 0 Å². The van der Waals surface area contributed by atoms with Crippen LogP contribution in [0.4, 0.5) is 0 Å². The van der Waals surface area contributed by atoms with Gasteiger partial charge in [0.25, 0.3) is 5.56 Å². The Morgan fingerprint density at radius 3 is 2.50 bits per heavy atom. The van der Waals surface area contributed by atoms with Crippen molar-refractivity contribution in [3.05, 3.63) is 22.1 Å². The third-order valence-electron chi connectivity index (χ3n) is 1.73. The summed E-state index contributed by atoms with van der Waals surface area (Å²) in [4.78, 5) is 22.6. The first-order valence-electron chi connectivity index (χ1n) is 3.82. The minimum atomic E-state index is -0.256. The molecule has 0 saturated heterocycles. The van der Waals surface area contributed by atoms with Crippen molar-refractivity contribution in [1.29, 1.82) is 0 Å². The maximum absolute atomic E-state index is 11.3. The maximum atomic E-state index is 11.3. The van der Waals surface area contributed by atoms with Crippen LogP contribution in [0.25, 0.3) is 0 Å². The molecule has 0 aliphatic carbocycles. The van der Waals surface area contributed by atoms with Gasteiger partial charge in [-0.3, -0.25) is 14.3 Å². The molecular formula is C8H12N2O2. The van der Waals surface area contributed by atoms with Gasteiger partial charge in [-0.05, 0) is 0 Å². The fourth-order valence-corrected chi connectivity index (χ4v) is 0.950. The number of aryl methyl sites for hydroxylation is 1. The smallest absolute Gasteiger partial charge is 0.277 e. The summed E-state index contributed by atoms with van der Waals surface area (Å²) in [5.74, 6) is -0.245. The molecule has 0 spiro atoms. The number of nitrogens with zero attached hydrogens (tertiary/aromatic N) is 1. The van der Waals surface area contributed by atoms with Crippen LogP contribution >= 0.6 is 0 Å². The second kappa shape index (κ2) is 2.97. The molecule has 0 saturated carbocycles. The van der Waals surface area contributed by atoms with Crippen molar-refractivity contribution in [3.63, 3.8) is 0 Å². The number of nitrogens with one attached hydrogen (secondary N) is 1. The third-order valence-corrected chi connectivity index (χ3v) is 1.73. The molecule has 0 bridgehead atoms. The molecule has 0 atom stereocenters. The largest absolute Gasteiger partial charge is 0.302 e. The predicted octanol–water partition coefficient (Wildman–Crippen LogP) is 0.552. The second-order valence-electron chi connectivity index (χ2n) is 3.07. The molecule has 66 valence electrons. The number of hydrogen-bond acceptors (Lipinski definition) is 2. The first-order valence-corrected chi connectivity index (χ1v) is 3.82. The van der Waals surface area contributed by atoms with Crippen molar-refractivity contribution in [2.45, 2.75) is 13.8 Å². The van der Waals surface area contributed by atoms with E-state index >= 15 is 0 Å². The number of Topliss-reactive ketones (excluding diaryl/α,β-unsaturated/α-hetero) is 1. The van der Waals surface area contributed by atoms with E-state index in [0.717, 1.165) is 0 Å². The summed E-state index contributed by atoms with van der Waals surface area (Å²) in [5, 5.41) is 2.66. The van der Waals surface area contributed by atoms with Crippen LogP contribution in [0.2, 0.25) is 0 Å². The van der Waals surface area contributed by atoms with E-state index in [4.69, 9.17) is 0 Å². The number of aromatic amines is 1. The van der Waals surface area contributed by atoms with Gasteiger partial charge in [0, 0.05) is 19.2 Å². The van der Waals surface area contributed by atoms with E-state index in [-0.39, 0.29) is 22.8 Å². The number of hydrogen-bond donors (Lipinski definition) is 1. The molecule has 0 fully saturated rings. The Hall–Kier alpha value is -1.32. The highest BCUT2D eigenvalue weighted by molar-refractivity contribution is 5.96. The number of H-pyrrole nitrogens is 1. The fraction of sp³-hybridized carbons (Fsp3) is 0.500. The van der Waals surface area contributed by atoms with E-state index in [1.165, 1.54) is 10.9 Å². The summed E-state index contributed by atoms with van der Waals surface area (Å²) in [6.45, 7) is 3.55. The highest BCUT2D eigenvalue weighted by atomic mass is 16.2. The van der Waals surface area contributed by atoms with Gasteiger partial charge in [-0.15, -0.1) is 0 Å². The van der Waals surface area contributed by atoms with Crippen LogP contribution < -0.4 is 5.56 Å². The van der Waals surface area contributed by atoms with Crippen molar-refractivity contribution < 1.29 is 4.79 Å². The molecule has 1 rings (SSSR count). The van der Waals surface area contributed by atoms with E-state index in [2.05, 4.69) is 5.10 Å². The molecule has 0 aliphatic rings. The quantitative estimate of drug-likeness (QED) is 0.656. The van der Waals surface area contributed by atoms with Crippen molar-refractivity contribution in [2.75, 3.05) is 0 Å². The van der Waals surface area contributed by atoms with Crippen LogP contribution in [0, 0.1) is 5.92 Å². The van der Waals surface area contributed by atoms with E-state index < -0.39 is 0 Å². The third kappa shape index (κ3) is 1.32. The topological polar surface area (TPSA) is 54.9 Å². The molecule has 4 nitrogen and oxygen atoms in total. The van der Waals surface area contributed by atoms with Crippen LogP contribution in [-0.4, -0.2) is 15.6 Å². The van der Waals surface area contributed by atoms with Gasteiger partial charge in [-0.1, -0.05) is 13.8 Å². The summed E-state index contributed by atoms with van der Waals surface area (Å²) in [6.07, 6.45) is 1.45. The van der Waals surface area contributed by atoms with Crippen molar-refractivity contribution in [2.24, 2.45) is 13.0 Å². The van der Waals surface area contributed by atoms with Crippen molar-refractivity contribution in [3.8, 4) is 0 Å². The van der Waals surface area contributed by atoms with Crippen LogP contribution in [0.15, 0.2) is 11.0 Å². The summed E-state index contributed by atoms with van der Waals surface area (Å²) in [5.41, 5.74) is -0.0128. The normalized spacial score (nSPS) is 10.7. The van der Waals surface area contributed by atoms with Gasteiger partial charge < -0.3 is 5.10 Å². The van der Waals surface area contributed by atoms with Gasteiger partial charge in [-0.2, -0.15) is 0 Å². The predicted molar refractivity (Wildman–Crippen MR) is 45.2 cm³/mol. The molecular weight excluding hydrogens is 156 g/mol. The monoisotopic (exact) mass is 168 g/mol. The van der Waals surface area contributed by atoms with Gasteiger partial charge >= 0.3 is 0 Å². The molecule has 4 heteroatoms. The molecule has 1 N–H and O–H groups in total. The average molecular weight is 168 g/mol. The average Bonchev–Trinajstić information content (AvgIpc) is 2.32. The second-order valence-corrected chi connectivity index (χ2v) is 3.07. The first-order chi connectivity index (χ1) is 5.54. The highest BCUT2D eigenvalue weighted by Gasteiger charge is 2.15. The van der Waals surface area contributed by atoms with Gasteiger partial charge in [-0.25, -0.2) is 0 Å². The van der Waals surface area contributed by atoms with Gasteiger partial charge in [0.15, 0.2) is 5.78 Å². The lowest BCUT2D eigenvalue weighted by molar-refractivity contribution is 0.0938. The van der Waals surface area contributed by atoms with E-state index in [0.29, 0.717) is 0 Å². The van der Waals surface area contributed by atoms with Crippen molar-refractivity contribution in [1.82, 2.24) is 9.78 Å². The Balaban J connectivity index is 3.13. The minimum Gasteiger partial charge on any atom is -0.302 e. The lowest BCUT2D eigenvalue weighted by Gasteiger charge is -1.97. The zero-order valence-electron chi connectivity index (χ0n) is 7.42. The summed E-state index contributed by atoms with van der Waals surface area (Å²) in [7, 11) is 1.58. The number of ketones is 1. The van der Waals surface area contributed by atoms with Gasteiger partial charge in [0.05, 0.1) is 0 Å². The summed E-state index contributed by atoms with van der Waals surface area (Å²) >= 11 is 0.